The van der Waals surface area contributed by atoms with Crippen molar-refractivity contribution in [1.29, 1.82) is 0 Å². The molecule has 0 spiro atoms. The van der Waals surface area contributed by atoms with E-state index in [2.05, 4.69) is 10.6 Å². The fourth-order valence-corrected chi connectivity index (χ4v) is 1.78. The van der Waals surface area contributed by atoms with Crippen molar-refractivity contribution in [2.75, 3.05) is 20.3 Å². The van der Waals surface area contributed by atoms with Gasteiger partial charge in [0.05, 0.1) is 12.7 Å². The Morgan fingerprint density at radius 2 is 2.25 bits per heavy atom. The van der Waals surface area contributed by atoms with Gasteiger partial charge in [0, 0.05) is 19.7 Å². The summed E-state index contributed by atoms with van der Waals surface area (Å²) in [7, 11) is 1.52. The Kier molecular flexibility index (Phi) is 5.55. The van der Waals surface area contributed by atoms with Gasteiger partial charge in [-0.25, -0.2) is 4.79 Å². The molecule has 2 amide bonds. The van der Waals surface area contributed by atoms with E-state index in [1.54, 1.807) is 0 Å². The van der Waals surface area contributed by atoms with Crippen molar-refractivity contribution in [2.24, 2.45) is 5.92 Å². The predicted octanol–water partition coefficient (Wildman–Crippen LogP) is 0.481. The average molecular weight is 230 g/mol. The molecule has 0 aromatic rings. The van der Waals surface area contributed by atoms with E-state index in [-0.39, 0.29) is 25.2 Å². The maximum atomic E-state index is 11.4. The lowest BCUT2D eigenvalue weighted by Gasteiger charge is -2.31. The molecule has 0 bridgehead atoms. The molecule has 1 rings (SSSR count). The van der Waals surface area contributed by atoms with Crippen molar-refractivity contribution in [3.63, 3.8) is 0 Å². The van der Waals surface area contributed by atoms with Gasteiger partial charge in [-0.05, 0) is 25.7 Å². The largest absolute Gasteiger partial charge is 0.389 e. The second kappa shape index (κ2) is 6.70. The summed E-state index contributed by atoms with van der Waals surface area (Å²) >= 11 is 0. The van der Waals surface area contributed by atoms with Gasteiger partial charge < -0.3 is 20.5 Å². The van der Waals surface area contributed by atoms with E-state index in [0.717, 1.165) is 0 Å². The molecule has 1 fully saturated rings. The smallest absolute Gasteiger partial charge is 0.315 e. The topological polar surface area (TPSA) is 70.6 Å². The van der Waals surface area contributed by atoms with E-state index < -0.39 is 6.10 Å². The van der Waals surface area contributed by atoms with Crippen LogP contribution in [-0.2, 0) is 4.74 Å². The van der Waals surface area contributed by atoms with Gasteiger partial charge in [0.2, 0.25) is 0 Å². The number of aliphatic hydroxyl groups is 1. The van der Waals surface area contributed by atoms with E-state index in [4.69, 9.17) is 4.74 Å². The summed E-state index contributed by atoms with van der Waals surface area (Å²) in [5.41, 5.74) is 0. The van der Waals surface area contributed by atoms with Crippen LogP contribution in [0.15, 0.2) is 0 Å². The number of urea groups is 1. The number of carbonyl (C=O) groups excluding carboxylic acids is 1. The highest BCUT2D eigenvalue weighted by atomic mass is 16.5. The molecule has 0 aliphatic heterocycles. The van der Waals surface area contributed by atoms with E-state index in [1.807, 2.05) is 6.92 Å². The molecule has 16 heavy (non-hydrogen) atoms. The molecule has 0 saturated heterocycles. The molecule has 1 aliphatic carbocycles. The van der Waals surface area contributed by atoms with Crippen molar-refractivity contribution in [2.45, 2.75) is 38.3 Å². The van der Waals surface area contributed by atoms with Crippen LogP contribution in [0.4, 0.5) is 4.79 Å². The fraction of sp³-hybridized carbons (Fsp3) is 0.909. The molecule has 3 N–H and O–H groups in total. The van der Waals surface area contributed by atoms with Crippen molar-refractivity contribution in [1.82, 2.24) is 10.6 Å². The molecule has 2 atom stereocenters. The van der Waals surface area contributed by atoms with Crippen molar-refractivity contribution in [3.05, 3.63) is 0 Å². The lowest BCUT2D eigenvalue weighted by Crippen LogP contribution is -2.47. The summed E-state index contributed by atoms with van der Waals surface area (Å²) < 4.78 is 4.76. The predicted molar refractivity (Wildman–Crippen MR) is 61.2 cm³/mol. The number of hydrogen-bond acceptors (Lipinski definition) is 3. The van der Waals surface area contributed by atoms with E-state index >= 15 is 0 Å². The van der Waals surface area contributed by atoms with Crippen molar-refractivity contribution < 1.29 is 14.6 Å². The molecule has 2 unspecified atom stereocenters. The number of ether oxygens (including phenoxy) is 1. The zero-order valence-corrected chi connectivity index (χ0v) is 10.0. The molecular weight excluding hydrogens is 208 g/mol. The van der Waals surface area contributed by atoms with Gasteiger partial charge in [-0.3, -0.25) is 0 Å². The van der Waals surface area contributed by atoms with Crippen LogP contribution >= 0.6 is 0 Å². The second-order valence-corrected chi connectivity index (χ2v) is 4.44. The van der Waals surface area contributed by atoms with Gasteiger partial charge >= 0.3 is 6.03 Å². The highest BCUT2D eigenvalue weighted by Gasteiger charge is 2.24. The maximum Gasteiger partial charge on any atom is 0.315 e. The average Bonchev–Trinajstić information content (AvgIpc) is 2.12. The first-order chi connectivity index (χ1) is 7.63. The number of methoxy groups -OCH3 is 1. The van der Waals surface area contributed by atoms with Crippen LogP contribution in [0.5, 0.6) is 0 Å². The lowest BCUT2D eigenvalue weighted by atomic mass is 9.80. The molecule has 1 aliphatic rings. The van der Waals surface area contributed by atoms with E-state index in [9.17, 15) is 9.90 Å². The summed E-state index contributed by atoms with van der Waals surface area (Å²) in [6, 6.07) is 0.00266. The first kappa shape index (κ1) is 13.3. The van der Waals surface area contributed by atoms with Crippen LogP contribution < -0.4 is 10.6 Å². The standard InChI is InChI=1S/C11H22N2O3/c1-8(9-4-3-5-9)13-11(15)12-6-10(14)7-16-2/h8-10,14H,3-7H2,1-2H3,(H2,12,13,15). The fourth-order valence-electron chi connectivity index (χ4n) is 1.78. The molecule has 0 heterocycles. The van der Waals surface area contributed by atoms with Crippen LogP contribution in [0.25, 0.3) is 0 Å². The van der Waals surface area contributed by atoms with Gasteiger partial charge in [-0.15, -0.1) is 0 Å². The minimum Gasteiger partial charge on any atom is -0.389 e. The Morgan fingerprint density at radius 1 is 1.56 bits per heavy atom. The molecular formula is C11H22N2O3. The molecule has 0 aromatic carbocycles. The highest BCUT2D eigenvalue weighted by molar-refractivity contribution is 5.74. The zero-order valence-electron chi connectivity index (χ0n) is 10.0. The van der Waals surface area contributed by atoms with Gasteiger partial charge in [0.25, 0.3) is 0 Å². The summed E-state index contributed by atoms with van der Waals surface area (Å²) in [5.74, 6) is 0.620. The quantitative estimate of drug-likeness (QED) is 0.621. The molecule has 5 heteroatoms. The van der Waals surface area contributed by atoms with Gasteiger partial charge in [0.15, 0.2) is 0 Å². The zero-order chi connectivity index (χ0) is 12.0. The van der Waals surface area contributed by atoms with E-state index in [1.165, 1.54) is 26.4 Å². The first-order valence-electron chi connectivity index (χ1n) is 5.85. The maximum absolute atomic E-state index is 11.4. The minimum absolute atomic E-state index is 0.213. The summed E-state index contributed by atoms with van der Waals surface area (Å²) in [6.07, 6.45) is 3.03. The monoisotopic (exact) mass is 230 g/mol. The van der Waals surface area contributed by atoms with Gasteiger partial charge in [-0.2, -0.15) is 0 Å². The molecule has 0 aromatic heterocycles. The Hall–Kier alpha value is -0.810. The highest BCUT2D eigenvalue weighted by Crippen LogP contribution is 2.29. The van der Waals surface area contributed by atoms with Gasteiger partial charge in [-0.1, -0.05) is 6.42 Å². The SMILES string of the molecule is COCC(O)CNC(=O)NC(C)C1CCC1. The Bertz CT molecular complexity index is 219. The van der Waals surface area contributed by atoms with Gasteiger partial charge in [0.1, 0.15) is 0 Å². The van der Waals surface area contributed by atoms with Crippen LogP contribution in [0.2, 0.25) is 0 Å². The Morgan fingerprint density at radius 3 is 2.75 bits per heavy atom. The molecule has 1 saturated carbocycles. The number of amides is 2. The minimum atomic E-state index is -0.644. The molecule has 94 valence electrons. The summed E-state index contributed by atoms with van der Waals surface area (Å²) in [6.45, 7) is 2.48. The number of nitrogens with one attached hydrogen (secondary N) is 2. The number of aliphatic hydroxyl groups excluding tert-OH is 1. The van der Waals surface area contributed by atoms with Crippen molar-refractivity contribution >= 4 is 6.03 Å². The Labute approximate surface area is 96.6 Å². The first-order valence-corrected chi connectivity index (χ1v) is 5.85. The van der Waals surface area contributed by atoms with Crippen LogP contribution in [0.3, 0.4) is 0 Å². The van der Waals surface area contributed by atoms with Crippen LogP contribution in [-0.4, -0.2) is 43.5 Å². The van der Waals surface area contributed by atoms with Crippen molar-refractivity contribution in [3.8, 4) is 0 Å². The normalized spacial score (nSPS) is 19.7. The molecule has 0 radical (unpaired) electrons. The van der Waals surface area contributed by atoms with Crippen LogP contribution in [0, 0.1) is 5.92 Å². The second-order valence-electron chi connectivity index (χ2n) is 4.44. The molecule has 5 nitrogen and oxygen atoms in total. The lowest BCUT2D eigenvalue weighted by molar-refractivity contribution is 0.0658. The van der Waals surface area contributed by atoms with E-state index in [0.29, 0.717) is 5.92 Å². The van der Waals surface area contributed by atoms with Crippen LogP contribution in [0.1, 0.15) is 26.2 Å². The third-order valence-electron chi connectivity index (χ3n) is 3.07. The summed E-state index contributed by atoms with van der Waals surface area (Å²) in [5, 5.41) is 14.8. The Balaban J connectivity index is 2.09. The third-order valence-corrected chi connectivity index (χ3v) is 3.07. The summed E-state index contributed by atoms with van der Waals surface area (Å²) in [4.78, 5) is 11.4. The number of carbonyl (C=O) groups is 1. The third kappa shape index (κ3) is 4.37. The number of rotatable bonds is 6. The number of hydrogen-bond donors (Lipinski definition) is 3.